The first kappa shape index (κ1) is 20.4. The highest BCUT2D eigenvalue weighted by molar-refractivity contribution is 7.21. The fourth-order valence-electron chi connectivity index (χ4n) is 3.84. The molecule has 1 aromatic heterocycles. The summed E-state index contributed by atoms with van der Waals surface area (Å²) in [5, 5.41) is 1.17. The minimum atomic E-state index is -0.418. The number of hydrogen-bond acceptors (Lipinski definition) is 4. The topological polar surface area (TPSA) is 57.7 Å². The summed E-state index contributed by atoms with van der Waals surface area (Å²) in [6, 6.07) is 21.6. The maximum Gasteiger partial charge on any atom is 0.271 e. The number of amides is 3. The van der Waals surface area contributed by atoms with Crippen LogP contribution < -0.4 is 4.90 Å². The number of rotatable bonds is 4. The van der Waals surface area contributed by atoms with Gasteiger partial charge in [0.1, 0.15) is 11.5 Å². The van der Waals surface area contributed by atoms with Gasteiger partial charge in [-0.1, -0.05) is 54.1 Å². The SMILES string of the molecule is Cc1cccc(N(CN2C(=O)c3ccccc3C2=O)C(=O)c2sc3ccccc3c2Cl)c1. The summed E-state index contributed by atoms with van der Waals surface area (Å²) in [5.74, 6) is -1.20. The van der Waals surface area contributed by atoms with E-state index in [1.807, 2.05) is 49.4 Å². The standard InChI is InChI=1S/C25H17ClN2O3S/c1-15-7-6-8-16(13-15)27(14-28-23(29)17-9-2-3-10-18(17)24(28)30)25(31)22-21(26)19-11-4-5-12-20(19)32-22/h2-13H,14H2,1H3. The van der Waals surface area contributed by atoms with Crippen LogP contribution in [0.3, 0.4) is 0 Å². The number of nitrogens with zero attached hydrogens (tertiary/aromatic N) is 2. The molecule has 0 saturated carbocycles. The summed E-state index contributed by atoms with van der Waals surface area (Å²) in [6.07, 6.45) is 0. The Morgan fingerprint density at radius 3 is 2.25 bits per heavy atom. The molecule has 0 spiro atoms. The van der Waals surface area contributed by atoms with E-state index in [0.717, 1.165) is 20.5 Å². The van der Waals surface area contributed by atoms with Crippen molar-refractivity contribution in [1.29, 1.82) is 0 Å². The number of aryl methyl sites for hydroxylation is 1. The number of hydrogen-bond donors (Lipinski definition) is 0. The van der Waals surface area contributed by atoms with Gasteiger partial charge < -0.3 is 0 Å². The van der Waals surface area contributed by atoms with E-state index in [9.17, 15) is 14.4 Å². The fraction of sp³-hybridized carbons (Fsp3) is 0.0800. The van der Waals surface area contributed by atoms with Crippen molar-refractivity contribution in [3.8, 4) is 0 Å². The second kappa shape index (κ2) is 7.89. The van der Waals surface area contributed by atoms with Crippen molar-refractivity contribution >= 4 is 56.4 Å². The molecule has 0 saturated heterocycles. The number of thiophene rings is 1. The van der Waals surface area contributed by atoms with E-state index in [1.54, 1.807) is 30.3 Å². The molecule has 32 heavy (non-hydrogen) atoms. The first-order valence-corrected chi connectivity index (χ1v) is 11.2. The molecule has 5 nitrogen and oxygen atoms in total. The molecule has 2 heterocycles. The van der Waals surface area contributed by atoms with E-state index in [2.05, 4.69) is 0 Å². The Kier molecular flexibility index (Phi) is 5.04. The third kappa shape index (κ3) is 3.28. The highest BCUT2D eigenvalue weighted by atomic mass is 35.5. The zero-order valence-corrected chi connectivity index (χ0v) is 18.6. The van der Waals surface area contributed by atoms with Crippen LogP contribution in [0.15, 0.2) is 72.8 Å². The Balaban J connectivity index is 1.57. The van der Waals surface area contributed by atoms with Gasteiger partial charge in [-0.15, -0.1) is 11.3 Å². The predicted octanol–water partition coefficient (Wildman–Crippen LogP) is 5.76. The Morgan fingerprint density at radius 2 is 1.59 bits per heavy atom. The molecule has 0 N–H and O–H groups in total. The van der Waals surface area contributed by atoms with Crippen molar-refractivity contribution in [2.24, 2.45) is 0 Å². The highest BCUT2D eigenvalue weighted by Gasteiger charge is 2.38. The molecule has 1 aliphatic heterocycles. The quantitative estimate of drug-likeness (QED) is 0.363. The summed E-state index contributed by atoms with van der Waals surface area (Å²) in [5.41, 5.74) is 2.22. The first-order chi connectivity index (χ1) is 15.5. The maximum absolute atomic E-state index is 13.7. The number of imide groups is 1. The van der Waals surface area contributed by atoms with Gasteiger partial charge in [-0.25, -0.2) is 0 Å². The second-order valence-corrected chi connectivity index (χ2v) is 8.97. The lowest BCUT2D eigenvalue weighted by Crippen LogP contribution is -2.44. The van der Waals surface area contributed by atoms with Gasteiger partial charge in [0, 0.05) is 15.8 Å². The Bertz CT molecular complexity index is 1380. The molecule has 0 aliphatic carbocycles. The average molecular weight is 461 g/mol. The van der Waals surface area contributed by atoms with Crippen LogP contribution in [0, 0.1) is 6.92 Å². The van der Waals surface area contributed by atoms with Gasteiger partial charge >= 0.3 is 0 Å². The average Bonchev–Trinajstić information content (AvgIpc) is 3.26. The van der Waals surface area contributed by atoms with E-state index < -0.39 is 11.8 Å². The number of halogens is 1. The first-order valence-electron chi connectivity index (χ1n) is 9.96. The van der Waals surface area contributed by atoms with Gasteiger partial charge in [0.15, 0.2) is 0 Å². The Labute approximate surface area is 193 Å². The lowest BCUT2D eigenvalue weighted by molar-refractivity contribution is 0.0650. The van der Waals surface area contributed by atoms with E-state index >= 15 is 0 Å². The fourth-order valence-corrected chi connectivity index (χ4v) is 5.30. The normalized spacial score (nSPS) is 13.0. The molecule has 3 amide bonds. The van der Waals surface area contributed by atoms with Crippen molar-refractivity contribution in [2.45, 2.75) is 6.92 Å². The van der Waals surface area contributed by atoms with Crippen LogP contribution in [0.4, 0.5) is 5.69 Å². The van der Waals surface area contributed by atoms with Gasteiger partial charge in [-0.2, -0.15) is 0 Å². The zero-order valence-electron chi connectivity index (χ0n) is 17.0. The van der Waals surface area contributed by atoms with Crippen LogP contribution in [0.5, 0.6) is 0 Å². The van der Waals surface area contributed by atoms with Gasteiger partial charge in [-0.3, -0.25) is 24.2 Å². The maximum atomic E-state index is 13.7. The Hall–Kier alpha value is -3.48. The molecule has 0 radical (unpaired) electrons. The highest BCUT2D eigenvalue weighted by Crippen LogP contribution is 2.37. The van der Waals surface area contributed by atoms with E-state index in [0.29, 0.717) is 26.7 Å². The molecule has 0 fully saturated rings. The summed E-state index contributed by atoms with van der Waals surface area (Å²) in [6.45, 7) is 1.71. The lowest BCUT2D eigenvalue weighted by Gasteiger charge is -2.27. The van der Waals surface area contributed by atoms with Crippen LogP contribution in [0.1, 0.15) is 36.0 Å². The molecular formula is C25H17ClN2O3S. The molecule has 7 heteroatoms. The summed E-state index contributed by atoms with van der Waals surface area (Å²) in [4.78, 5) is 42.5. The molecule has 4 aromatic rings. The number of carbonyl (C=O) groups is 3. The minimum absolute atomic E-state index is 0.209. The number of fused-ring (bicyclic) bond motifs is 2. The van der Waals surface area contributed by atoms with E-state index in [1.165, 1.54) is 16.2 Å². The van der Waals surface area contributed by atoms with Crippen LogP contribution in [-0.2, 0) is 0 Å². The van der Waals surface area contributed by atoms with Crippen LogP contribution in [-0.4, -0.2) is 29.3 Å². The number of carbonyl (C=O) groups excluding carboxylic acids is 3. The third-order valence-electron chi connectivity index (χ3n) is 5.45. The zero-order chi connectivity index (χ0) is 22.4. The molecule has 0 bridgehead atoms. The van der Waals surface area contributed by atoms with Crippen molar-refractivity contribution in [3.63, 3.8) is 0 Å². The van der Waals surface area contributed by atoms with Crippen molar-refractivity contribution < 1.29 is 14.4 Å². The van der Waals surface area contributed by atoms with Crippen molar-refractivity contribution in [3.05, 3.63) is 99.4 Å². The summed E-state index contributed by atoms with van der Waals surface area (Å²) < 4.78 is 0.894. The second-order valence-electron chi connectivity index (χ2n) is 7.54. The molecule has 3 aromatic carbocycles. The molecule has 5 rings (SSSR count). The summed E-state index contributed by atoms with van der Waals surface area (Å²) in [7, 11) is 0. The molecule has 158 valence electrons. The van der Waals surface area contributed by atoms with E-state index in [4.69, 9.17) is 11.6 Å². The molecule has 1 aliphatic rings. The third-order valence-corrected chi connectivity index (χ3v) is 7.11. The van der Waals surface area contributed by atoms with Crippen molar-refractivity contribution in [1.82, 2.24) is 4.90 Å². The van der Waals surface area contributed by atoms with Gasteiger partial charge in [0.25, 0.3) is 17.7 Å². The molecular weight excluding hydrogens is 444 g/mol. The molecule has 0 unspecified atom stereocenters. The van der Waals surface area contributed by atoms with Gasteiger partial charge in [0.2, 0.25) is 0 Å². The number of anilines is 1. The monoisotopic (exact) mass is 460 g/mol. The smallest absolute Gasteiger partial charge is 0.271 e. The number of benzene rings is 3. The van der Waals surface area contributed by atoms with Crippen LogP contribution in [0.2, 0.25) is 5.02 Å². The Morgan fingerprint density at radius 1 is 0.938 bits per heavy atom. The predicted molar refractivity (Wildman–Crippen MR) is 127 cm³/mol. The van der Waals surface area contributed by atoms with Crippen molar-refractivity contribution in [2.75, 3.05) is 11.6 Å². The van der Waals surface area contributed by atoms with Crippen LogP contribution >= 0.6 is 22.9 Å². The van der Waals surface area contributed by atoms with E-state index in [-0.39, 0.29) is 12.6 Å². The van der Waals surface area contributed by atoms with Gasteiger partial charge in [-0.05, 0) is 42.8 Å². The summed E-state index contributed by atoms with van der Waals surface area (Å²) >= 11 is 7.87. The molecule has 0 atom stereocenters. The van der Waals surface area contributed by atoms with Gasteiger partial charge in [0.05, 0.1) is 16.1 Å². The largest absolute Gasteiger partial charge is 0.289 e. The van der Waals surface area contributed by atoms with Crippen LogP contribution in [0.25, 0.3) is 10.1 Å². The lowest BCUT2D eigenvalue weighted by atomic mass is 10.1. The minimum Gasteiger partial charge on any atom is -0.289 e.